The van der Waals surface area contributed by atoms with Crippen molar-refractivity contribution in [2.75, 3.05) is 6.54 Å². The van der Waals surface area contributed by atoms with E-state index in [1.165, 1.54) is 12.1 Å². The summed E-state index contributed by atoms with van der Waals surface area (Å²) in [6.45, 7) is 6.24. The van der Waals surface area contributed by atoms with E-state index in [-0.39, 0.29) is 23.0 Å². The summed E-state index contributed by atoms with van der Waals surface area (Å²) in [6, 6.07) is 6.11. The van der Waals surface area contributed by atoms with Gasteiger partial charge >= 0.3 is 0 Å². The van der Waals surface area contributed by atoms with Crippen LogP contribution in [0.3, 0.4) is 0 Å². The van der Waals surface area contributed by atoms with Crippen LogP contribution >= 0.6 is 11.6 Å². The first-order valence-electron chi connectivity index (χ1n) is 7.59. The van der Waals surface area contributed by atoms with E-state index < -0.39 is 0 Å². The van der Waals surface area contributed by atoms with E-state index in [4.69, 9.17) is 16.1 Å². The summed E-state index contributed by atoms with van der Waals surface area (Å²) in [5.41, 5.74) is 2.38. The monoisotopic (exact) mass is 338 g/mol. The molecule has 1 aromatic carbocycles. The van der Waals surface area contributed by atoms with Crippen molar-refractivity contribution < 1.29 is 13.7 Å². The van der Waals surface area contributed by atoms with Crippen molar-refractivity contribution >= 4 is 17.5 Å². The third kappa shape index (κ3) is 4.10. The molecule has 4 nitrogen and oxygen atoms in total. The van der Waals surface area contributed by atoms with Crippen molar-refractivity contribution in [2.45, 2.75) is 39.7 Å². The molecule has 1 aromatic heterocycles. The molecule has 0 radical (unpaired) electrons. The van der Waals surface area contributed by atoms with Crippen LogP contribution in [0.4, 0.5) is 4.39 Å². The van der Waals surface area contributed by atoms with Gasteiger partial charge in [0, 0.05) is 18.5 Å². The first kappa shape index (κ1) is 17.5. The van der Waals surface area contributed by atoms with Gasteiger partial charge in [-0.1, -0.05) is 17.3 Å². The molecule has 0 N–H and O–H groups in total. The van der Waals surface area contributed by atoms with Crippen LogP contribution in [0.15, 0.2) is 28.8 Å². The highest BCUT2D eigenvalue weighted by molar-refractivity contribution is 6.29. The lowest BCUT2D eigenvalue weighted by molar-refractivity contribution is -0.133. The molecule has 0 spiro atoms. The molecule has 2 rings (SSSR count). The Morgan fingerprint density at radius 1 is 1.39 bits per heavy atom. The average molecular weight is 339 g/mol. The van der Waals surface area contributed by atoms with Crippen molar-refractivity contribution in [1.29, 1.82) is 0 Å². The topological polar surface area (TPSA) is 46.3 Å². The molecule has 1 atom stereocenters. The molecule has 0 aliphatic rings. The molecular weight excluding hydrogens is 319 g/mol. The van der Waals surface area contributed by atoms with Gasteiger partial charge in [-0.2, -0.15) is 0 Å². The van der Waals surface area contributed by atoms with Gasteiger partial charge in [-0.15, -0.1) is 0 Å². The highest BCUT2D eigenvalue weighted by Gasteiger charge is 2.21. The number of hydrogen-bond acceptors (Lipinski definition) is 3. The molecule has 23 heavy (non-hydrogen) atoms. The first-order chi connectivity index (χ1) is 10.9. The summed E-state index contributed by atoms with van der Waals surface area (Å²) in [6.07, 6.45) is 0.806. The normalized spacial score (nSPS) is 12.2. The number of aromatic nitrogens is 1. The van der Waals surface area contributed by atoms with E-state index in [1.807, 2.05) is 13.8 Å². The number of rotatable bonds is 6. The first-order valence-corrected chi connectivity index (χ1v) is 7.97. The van der Waals surface area contributed by atoms with Gasteiger partial charge in [-0.3, -0.25) is 4.79 Å². The van der Waals surface area contributed by atoms with Gasteiger partial charge in [0.1, 0.15) is 5.82 Å². The summed E-state index contributed by atoms with van der Waals surface area (Å²) in [5.74, 6) is -0.270. The van der Waals surface area contributed by atoms with Gasteiger partial charge in [-0.25, -0.2) is 4.39 Å². The predicted molar refractivity (Wildman–Crippen MR) is 86.8 cm³/mol. The van der Waals surface area contributed by atoms with Crippen molar-refractivity contribution in [3.63, 3.8) is 0 Å². The Labute approximate surface area is 140 Å². The average Bonchev–Trinajstić information content (AvgIpc) is 2.85. The lowest BCUT2D eigenvalue weighted by Crippen LogP contribution is -2.33. The second-order valence-electron chi connectivity index (χ2n) is 5.43. The van der Waals surface area contributed by atoms with Gasteiger partial charge in [0.15, 0.2) is 0 Å². The molecule has 0 saturated heterocycles. The van der Waals surface area contributed by atoms with Crippen LogP contribution in [-0.4, -0.2) is 22.5 Å². The summed E-state index contributed by atoms with van der Waals surface area (Å²) < 4.78 is 17.9. The van der Waals surface area contributed by atoms with E-state index in [0.29, 0.717) is 25.1 Å². The zero-order valence-electron chi connectivity index (χ0n) is 13.5. The lowest BCUT2D eigenvalue weighted by Gasteiger charge is -2.28. The molecule has 0 fully saturated rings. The van der Waals surface area contributed by atoms with Crippen molar-refractivity contribution in [1.82, 2.24) is 10.1 Å². The Morgan fingerprint density at radius 3 is 2.57 bits per heavy atom. The molecule has 2 aromatic rings. The number of amides is 1. The molecule has 0 bridgehead atoms. The van der Waals surface area contributed by atoms with E-state index in [2.05, 4.69) is 5.16 Å². The fraction of sp³-hybridized carbons (Fsp3) is 0.412. The maximum absolute atomic E-state index is 13.0. The number of carbonyl (C=O) groups is 1. The van der Waals surface area contributed by atoms with Crippen LogP contribution in [0.5, 0.6) is 0 Å². The maximum Gasteiger partial charge on any atom is 0.229 e. The second-order valence-corrected chi connectivity index (χ2v) is 5.77. The van der Waals surface area contributed by atoms with Gasteiger partial charge in [-0.05, 0) is 56.5 Å². The van der Waals surface area contributed by atoms with E-state index in [9.17, 15) is 9.18 Å². The Balaban J connectivity index is 2.04. The van der Waals surface area contributed by atoms with Gasteiger partial charge in [0.2, 0.25) is 11.1 Å². The van der Waals surface area contributed by atoms with E-state index >= 15 is 0 Å². The van der Waals surface area contributed by atoms with E-state index in [1.54, 1.807) is 24.0 Å². The Bertz CT molecular complexity index is 650. The zero-order chi connectivity index (χ0) is 17.0. The predicted octanol–water partition coefficient (Wildman–Crippen LogP) is 4.32. The SMILES string of the molecule is CCN(C(=O)CCc1c(C)noc1Cl)[C@H](C)c1ccc(F)cc1. The Hall–Kier alpha value is -1.88. The molecule has 0 aliphatic carbocycles. The number of halogens is 2. The number of carbonyl (C=O) groups excluding carboxylic acids is 1. The van der Waals surface area contributed by atoms with Gasteiger partial charge < -0.3 is 9.42 Å². The van der Waals surface area contributed by atoms with Crippen LogP contribution < -0.4 is 0 Å². The highest BCUT2D eigenvalue weighted by atomic mass is 35.5. The number of hydrogen-bond donors (Lipinski definition) is 0. The molecule has 1 amide bonds. The van der Waals surface area contributed by atoms with Crippen molar-refractivity contribution in [3.8, 4) is 0 Å². The summed E-state index contributed by atoms with van der Waals surface area (Å²) in [4.78, 5) is 14.3. The smallest absolute Gasteiger partial charge is 0.229 e. The fourth-order valence-electron chi connectivity index (χ4n) is 2.60. The fourth-order valence-corrected chi connectivity index (χ4v) is 2.87. The minimum absolute atomic E-state index is 0.0148. The third-order valence-electron chi connectivity index (χ3n) is 4.01. The quantitative estimate of drug-likeness (QED) is 0.788. The standard InChI is InChI=1S/C17H20ClFN2O2/c1-4-21(12(3)13-5-7-14(19)8-6-13)16(22)10-9-15-11(2)20-23-17(15)18/h5-8,12H,4,9-10H2,1-3H3/t12-/m1/s1. The van der Waals surface area contributed by atoms with E-state index in [0.717, 1.165) is 11.1 Å². The molecule has 1 heterocycles. The Kier molecular flexibility index (Phi) is 5.77. The van der Waals surface area contributed by atoms with Crippen LogP contribution in [0.2, 0.25) is 5.22 Å². The van der Waals surface area contributed by atoms with Gasteiger partial charge in [0.05, 0.1) is 11.7 Å². The van der Waals surface area contributed by atoms with Crippen LogP contribution in [0.25, 0.3) is 0 Å². The van der Waals surface area contributed by atoms with Gasteiger partial charge in [0.25, 0.3) is 0 Å². The molecular formula is C17H20ClFN2O2. The van der Waals surface area contributed by atoms with Crippen LogP contribution in [0, 0.1) is 12.7 Å². The molecule has 0 unspecified atom stereocenters. The van der Waals surface area contributed by atoms with Crippen LogP contribution in [0.1, 0.15) is 43.1 Å². The summed E-state index contributed by atoms with van der Waals surface area (Å²) in [7, 11) is 0. The lowest BCUT2D eigenvalue weighted by atomic mass is 10.1. The molecule has 6 heteroatoms. The second kappa shape index (κ2) is 7.59. The molecule has 124 valence electrons. The zero-order valence-corrected chi connectivity index (χ0v) is 14.2. The minimum Gasteiger partial charge on any atom is -0.344 e. The maximum atomic E-state index is 13.0. The number of aryl methyl sites for hydroxylation is 1. The summed E-state index contributed by atoms with van der Waals surface area (Å²) in [5, 5.41) is 4.02. The number of nitrogens with zero attached hydrogens (tertiary/aromatic N) is 2. The highest BCUT2D eigenvalue weighted by Crippen LogP contribution is 2.24. The van der Waals surface area contributed by atoms with Crippen molar-refractivity contribution in [3.05, 3.63) is 52.1 Å². The number of benzene rings is 1. The van der Waals surface area contributed by atoms with Crippen molar-refractivity contribution in [2.24, 2.45) is 0 Å². The molecule has 0 saturated carbocycles. The summed E-state index contributed by atoms with van der Waals surface area (Å²) >= 11 is 5.93. The Morgan fingerprint density at radius 2 is 2.04 bits per heavy atom. The molecule has 0 aliphatic heterocycles. The van der Waals surface area contributed by atoms with Crippen LogP contribution in [-0.2, 0) is 11.2 Å². The minimum atomic E-state index is -0.284. The largest absolute Gasteiger partial charge is 0.344 e. The third-order valence-corrected chi connectivity index (χ3v) is 4.30.